The van der Waals surface area contributed by atoms with Gasteiger partial charge in [0.15, 0.2) is 6.23 Å². The number of carbonyl (C=O) groups is 4. The average Bonchev–Trinajstić information content (AvgIpc) is 3.63. The van der Waals surface area contributed by atoms with E-state index in [1.165, 1.54) is 24.3 Å². The molecule has 0 aromatic heterocycles. The molecule has 5 N–H and O–H groups in total. The summed E-state index contributed by atoms with van der Waals surface area (Å²) in [6, 6.07) is 40.9. The van der Waals surface area contributed by atoms with Gasteiger partial charge in [-0.15, -0.1) is 0 Å². The third-order valence-electron chi connectivity index (χ3n) is 15.4. The SMILES string of the molecule is COc1ccc([C@@H]2[C@@H](CC[C@H](O)c3ccc(F)cc3)C(=O)N2c2ccc(CNC(=O)CCCCCCCCCCC(=O)OC(N)c3ccc(N4C(=O)[C@H](CC[C@H](O)c5ccc(F)cc5)[C@H]4c4ccc(OC)cc4)cc3)cc2)cc1. The van der Waals surface area contributed by atoms with Crippen molar-refractivity contribution in [2.45, 2.75) is 127 Å². The van der Waals surface area contributed by atoms with E-state index in [4.69, 9.17) is 19.9 Å². The summed E-state index contributed by atoms with van der Waals surface area (Å²) in [4.78, 5) is 56.4. The monoisotopic (exact) mass is 1080 g/mol. The van der Waals surface area contributed by atoms with E-state index < -0.39 is 18.4 Å². The molecule has 8 rings (SSSR count). The number of esters is 1. The lowest BCUT2D eigenvalue weighted by molar-refractivity contribution is -0.149. The Morgan fingerprint density at radius 1 is 0.544 bits per heavy atom. The van der Waals surface area contributed by atoms with Crippen molar-refractivity contribution in [2.24, 2.45) is 17.6 Å². The largest absolute Gasteiger partial charge is 0.497 e. The molecule has 1 unspecified atom stereocenters. The highest BCUT2D eigenvalue weighted by atomic mass is 19.1. The first-order chi connectivity index (χ1) is 38.3. The summed E-state index contributed by atoms with van der Waals surface area (Å²) in [5.74, 6) is -0.584. The minimum Gasteiger partial charge on any atom is -0.497 e. The number of hydrogen-bond acceptors (Lipinski definition) is 10. The van der Waals surface area contributed by atoms with Crippen LogP contribution >= 0.6 is 0 Å². The highest BCUT2D eigenvalue weighted by Crippen LogP contribution is 2.48. The van der Waals surface area contributed by atoms with Crippen LogP contribution < -0.4 is 30.3 Å². The number of methoxy groups -OCH3 is 2. The molecule has 3 amide bonds. The number of aliphatic hydroxyl groups is 2. The predicted octanol–water partition coefficient (Wildman–Crippen LogP) is 12.1. The van der Waals surface area contributed by atoms with Crippen molar-refractivity contribution in [1.29, 1.82) is 0 Å². The smallest absolute Gasteiger partial charge is 0.307 e. The van der Waals surface area contributed by atoms with E-state index in [0.717, 1.165) is 67.3 Å². The summed E-state index contributed by atoms with van der Waals surface area (Å²) in [5.41, 5.74) is 12.3. The van der Waals surface area contributed by atoms with Crippen LogP contribution in [0.4, 0.5) is 20.2 Å². The first kappa shape index (κ1) is 57.7. The normalized spacial score (nSPS) is 18.0. The second kappa shape index (κ2) is 27.9. The van der Waals surface area contributed by atoms with E-state index in [2.05, 4.69) is 5.32 Å². The second-order valence-corrected chi connectivity index (χ2v) is 20.6. The zero-order valence-electron chi connectivity index (χ0n) is 45.0. The number of halogens is 2. The molecule has 7 atom stereocenters. The van der Waals surface area contributed by atoms with Crippen LogP contribution in [-0.4, -0.2) is 48.1 Å². The number of β-lactam (4-membered cyclic amide) rings is 2. The van der Waals surface area contributed by atoms with Gasteiger partial charge in [-0.05, 0) is 139 Å². The maximum atomic E-state index is 13.7. The number of rotatable bonds is 29. The minimum absolute atomic E-state index is 0.0121. The van der Waals surface area contributed by atoms with Crippen molar-refractivity contribution in [2.75, 3.05) is 24.0 Å². The molecular weight excluding hydrogens is 1010 g/mol. The van der Waals surface area contributed by atoms with Crippen LogP contribution in [0.1, 0.15) is 154 Å². The summed E-state index contributed by atoms with van der Waals surface area (Å²) >= 11 is 0. The van der Waals surface area contributed by atoms with Gasteiger partial charge < -0.3 is 39.5 Å². The lowest BCUT2D eigenvalue weighted by atomic mass is 9.78. The van der Waals surface area contributed by atoms with Crippen LogP contribution in [0.5, 0.6) is 11.5 Å². The summed E-state index contributed by atoms with van der Waals surface area (Å²) in [7, 11) is 3.20. The number of nitrogens with one attached hydrogen (secondary N) is 1. The highest BCUT2D eigenvalue weighted by Gasteiger charge is 2.49. The molecule has 79 heavy (non-hydrogen) atoms. The molecule has 0 bridgehead atoms. The van der Waals surface area contributed by atoms with E-state index in [-0.39, 0.29) is 65.7 Å². The fraction of sp³-hybridized carbons (Fsp3) is 0.375. The van der Waals surface area contributed by atoms with Gasteiger partial charge in [0.1, 0.15) is 23.1 Å². The topological polar surface area (TPSA) is 181 Å². The fourth-order valence-corrected chi connectivity index (χ4v) is 10.8. The fourth-order valence-electron chi connectivity index (χ4n) is 10.8. The molecule has 2 fully saturated rings. The third-order valence-corrected chi connectivity index (χ3v) is 15.4. The van der Waals surface area contributed by atoms with Crippen LogP contribution in [0.3, 0.4) is 0 Å². The van der Waals surface area contributed by atoms with E-state index in [9.17, 15) is 38.2 Å². The maximum absolute atomic E-state index is 13.7. The highest BCUT2D eigenvalue weighted by molar-refractivity contribution is 6.04. The molecule has 6 aromatic rings. The van der Waals surface area contributed by atoms with Crippen molar-refractivity contribution >= 4 is 35.1 Å². The number of carbonyl (C=O) groups excluding carboxylic acids is 4. The van der Waals surface area contributed by atoms with Gasteiger partial charge in [0.25, 0.3) is 0 Å². The maximum Gasteiger partial charge on any atom is 0.307 e. The average molecular weight is 1080 g/mol. The lowest BCUT2D eigenvalue weighted by Crippen LogP contribution is -2.55. The standard InChI is InChI=1S/C64H72F2N4O9/c1-77-52-33-21-45(22-34-52)60-54(37-39-56(71)43-15-25-48(65)26-16-43)63(75)69(60)50-29-13-42(14-30-50)41-68-58(73)11-9-7-5-3-4-6-8-10-12-59(74)79-62(67)47-19-31-51(32-20-47)70-61(46-23-35-53(78-2)36-24-46)55(64(70)76)38-40-57(72)44-17-27-49(66)28-18-44/h13-36,54-57,60-62,71-72H,3-12,37-41,67H2,1-2H3,(H,68,73)/t54-,55-,56+,57+,60-,61-,62?/m1/s1. The number of aliphatic hydroxyl groups excluding tert-OH is 2. The van der Waals surface area contributed by atoms with Gasteiger partial charge in [-0.25, -0.2) is 8.78 Å². The zero-order chi connectivity index (χ0) is 55.8. The van der Waals surface area contributed by atoms with Gasteiger partial charge in [0.2, 0.25) is 17.7 Å². The first-order valence-corrected chi connectivity index (χ1v) is 27.5. The molecule has 2 aliphatic rings. The molecule has 0 saturated carbocycles. The number of hydrogen-bond donors (Lipinski definition) is 4. The Balaban J connectivity index is 0.692. The van der Waals surface area contributed by atoms with Crippen molar-refractivity contribution in [1.82, 2.24) is 5.32 Å². The molecular formula is C64H72F2N4O9. The first-order valence-electron chi connectivity index (χ1n) is 27.5. The molecule has 13 nitrogen and oxygen atoms in total. The van der Waals surface area contributed by atoms with Gasteiger partial charge in [-0.3, -0.25) is 24.9 Å². The molecule has 15 heteroatoms. The van der Waals surface area contributed by atoms with Crippen molar-refractivity contribution in [3.8, 4) is 11.5 Å². The van der Waals surface area contributed by atoms with Gasteiger partial charge in [0.05, 0.1) is 50.3 Å². The number of anilines is 2. The number of ether oxygens (including phenoxy) is 3. The van der Waals surface area contributed by atoms with Crippen molar-refractivity contribution in [3.05, 3.63) is 191 Å². The minimum atomic E-state index is -0.963. The number of nitrogens with zero attached hydrogens (tertiary/aromatic N) is 2. The molecule has 416 valence electrons. The summed E-state index contributed by atoms with van der Waals surface area (Å²) < 4.78 is 43.2. The van der Waals surface area contributed by atoms with Gasteiger partial charge >= 0.3 is 5.97 Å². The van der Waals surface area contributed by atoms with E-state index in [1.54, 1.807) is 72.6 Å². The molecule has 2 saturated heterocycles. The summed E-state index contributed by atoms with van der Waals surface area (Å²) in [5, 5.41) is 24.7. The van der Waals surface area contributed by atoms with Gasteiger partial charge in [-0.1, -0.05) is 111 Å². The molecule has 2 aliphatic heterocycles. The molecule has 0 aliphatic carbocycles. The summed E-state index contributed by atoms with van der Waals surface area (Å²) in [6.07, 6.45) is 7.03. The Labute approximate surface area is 461 Å². The number of unbranched alkanes of at least 4 members (excludes halogenated alkanes) is 7. The van der Waals surface area contributed by atoms with E-state index >= 15 is 0 Å². The lowest BCUT2D eigenvalue weighted by Gasteiger charge is -2.48. The number of benzene rings is 6. The zero-order valence-corrected chi connectivity index (χ0v) is 45.0. The molecule has 0 radical (unpaired) electrons. The Morgan fingerprint density at radius 3 is 1.37 bits per heavy atom. The van der Waals surface area contributed by atoms with Crippen LogP contribution in [0.25, 0.3) is 0 Å². The molecule has 6 aromatic carbocycles. The van der Waals surface area contributed by atoms with E-state index in [0.29, 0.717) is 78.9 Å². The predicted molar refractivity (Wildman–Crippen MR) is 299 cm³/mol. The Kier molecular flexibility index (Phi) is 20.4. The van der Waals surface area contributed by atoms with Crippen LogP contribution in [0.15, 0.2) is 146 Å². The summed E-state index contributed by atoms with van der Waals surface area (Å²) in [6.45, 7) is 0.374. The van der Waals surface area contributed by atoms with Crippen LogP contribution in [-0.2, 0) is 30.5 Å². The quantitative estimate of drug-likeness (QED) is 0.0153. The third kappa shape index (κ3) is 15.0. The van der Waals surface area contributed by atoms with Gasteiger partial charge in [-0.2, -0.15) is 0 Å². The Morgan fingerprint density at radius 2 is 0.937 bits per heavy atom. The number of nitrogens with two attached hydrogens (primary N) is 1. The Hall–Kier alpha value is -7.46. The van der Waals surface area contributed by atoms with E-state index in [1.807, 2.05) is 72.8 Å². The molecule has 2 heterocycles. The molecule has 0 spiro atoms. The number of amides is 3. The van der Waals surface area contributed by atoms with Crippen molar-refractivity contribution in [3.63, 3.8) is 0 Å². The van der Waals surface area contributed by atoms with Gasteiger partial charge in [0, 0.05) is 36.3 Å². The Bertz CT molecular complexity index is 2930. The van der Waals surface area contributed by atoms with Crippen LogP contribution in [0.2, 0.25) is 0 Å². The second-order valence-electron chi connectivity index (χ2n) is 20.6. The van der Waals surface area contributed by atoms with Crippen LogP contribution in [0, 0.1) is 23.5 Å². The van der Waals surface area contributed by atoms with Crippen molar-refractivity contribution < 1.29 is 52.4 Å².